The number of anilines is 1. The molecule has 0 heterocycles. The quantitative estimate of drug-likeness (QED) is 0.852. The van der Waals surface area contributed by atoms with E-state index in [1.807, 2.05) is 30.3 Å². The summed E-state index contributed by atoms with van der Waals surface area (Å²) in [4.78, 5) is 13.3. The lowest BCUT2D eigenvalue weighted by Crippen LogP contribution is -2.27. The summed E-state index contributed by atoms with van der Waals surface area (Å²) in [5, 5.41) is 3.70. The molecule has 0 bridgehead atoms. The number of hydrogen-bond donors (Lipinski definition) is 1. The zero-order chi connectivity index (χ0) is 14.7. The number of benzene rings is 2. The lowest BCUT2D eigenvalue weighted by molar-refractivity contribution is 0.230. The van der Waals surface area contributed by atoms with Gasteiger partial charge in [0.25, 0.3) is 0 Å². The predicted octanol–water partition coefficient (Wildman–Crippen LogP) is 4.75. The van der Waals surface area contributed by atoms with Gasteiger partial charge in [-0.05, 0) is 17.7 Å². The van der Waals surface area contributed by atoms with Crippen LogP contribution in [-0.2, 0) is 0 Å². The minimum absolute atomic E-state index is 0.222. The monoisotopic (exact) mass is 308 g/mol. The molecule has 0 aliphatic heterocycles. The highest BCUT2D eigenvalue weighted by Crippen LogP contribution is 2.39. The second-order valence-corrected chi connectivity index (χ2v) is 5.26. The molecule has 2 rings (SSSR count). The Morgan fingerprint density at radius 3 is 2.30 bits per heavy atom. The van der Waals surface area contributed by atoms with E-state index < -0.39 is 0 Å². The van der Waals surface area contributed by atoms with Crippen molar-refractivity contribution in [3.8, 4) is 11.1 Å². The summed E-state index contributed by atoms with van der Waals surface area (Å²) in [5.74, 6) is 0. The zero-order valence-corrected chi connectivity index (χ0v) is 12.7. The van der Waals surface area contributed by atoms with Crippen LogP contribution in [0.15, 0.2) is 42.5 Å². The molecule has 0 spiro atoms. The minimum Gasteiger partial charge on any atom is -0.331 e. The average molecular weight is 309 g/mol. The SMILES string of the molecule is CN(C)C(=O)Nc1ccc(Cl)c(Cl)c1-c1ccccc1. The van der Waals surface area contributed by atoms with Crippen molar-refractivity contribution in [3.05, 3.63) is 52.5 Å². The molecule has 0 atom stereocenters. The zero-order valence-electron chi connectivity index (χ0n) is 11.2. The summed E-state index contributed by atoms with van der Waals surface area (Å²) >= 11 is 12.4. The van der Waals surface area contributed by atoms with E-state index in [1.54, 1.807) is 26.2 Å². The summed E-state index contributed by atoms with van der Waals surface area (Å²) in [5.41, 5.74) is 2.24. The number of halogens is 2. The molecule has 3 nitrogen and oxygen atoms in total. The van der Waals surface area contributed by atoms with Gasteiger partial charge < -0.3 is 10.2 Å². The van der Waals surface area contributed by atoms with Gasteiger partial charge in [0.05, 0.1) is 15.7 Å². The molecule has 2 aromatic carbocycles. The van der Waals surface area contributed by atoms with Crippen LogP contribution in [0.1, 0.15) is 0 Å². The van der Waals surface area contributed by atoms with E-state index in [4.69, 9.17) is 23.2 Å². The van der Waals surface area contributed by atoms with Crippen molar-refractivity contribution >= 4 is 34.9 Å². The molecule has 0 fully saturated rings. The smallest absolute Gasteiger partial charge is 0.321 e. The molecule has 1 N–H and O–H groups in total. The lowest BCUT2D eigenvalue weighted by Gasteiger charge is -2.17. The Hall–Kier alpha value is -1.71. The first kappa shape index (κ1) is 14.7. The summed E-state index contributed by atoms with van der Waals surface area (Å²) in [6.07, 6.45) is 0. The summed E-state index contributed by atoms with van der Waals surface area (Å²) in [6, 6.07) is 12.8. The molecule has 0 saturated carbocycles. The summed E-state index contributed by atoms with van der Waals surface area (Å²) < 4.78 is 0. The molecule has 0 radical (unpaired) electrons. The van der Waals surface area contributed by atoms with E-state index in [0.29, 0.717) is 15.7 Å². The highest BCUT2D eigenvalue weighted by molar-refractivity contribution is 6.44. The highest BCUT2D eigenvalue weighted by atomic mass is 35.5. The fraction of sp³-hybridized carbons (Fsp3) is 0.133. The fourth-order valence-corrected chi connectivity index (χ4v) is 2.20. The number of urea groups is 1. The van der Waals surface area contributed by atoms with Crippen molar-refractivity contribution in [2.75, 3.05) is 19.4 Å². The Labute approximate surface area is 128 Å². The third-order valence-electron chi connectivity index (χ3n) is 2.81. The standard InChI is InChI=1S/C15H14Cl2N2O/c1-19(2)15(20)18-12-9-8-11(16)14(17)13(12)10-6-4-3-5-7-10/h3-9H,1-2H3,(H,18,20). The first-order valence-corrected chi connectivity index (χ1v) is 6.78. The van der Waals surface area contributed by atoms with Gasteiger partial charge in [-0.25, -0.2) is 4.79 Å². The number of nitrogens with zero attached hydrogens (tertiary/aromatic N) is 1. The molecule has 104 valence electrons. The highest BCUT2D eigenvalue weighted by Gasteiger charge is 2.15. The topological polar surface area (TPSA) is 32.3 Å². The van der Waals surface area contributed by atoms with Crippen LogP contribution in [-0.4, -0.2) is 25.0 Å². The third kappa shape index (κ3) is 3.06. The number of rotatable bonds is 2. The van der Waals surface area contributed by atoms with Crippen LogP contribution >= 0.6 is 23.2 Å². The Morgan fingerprint density at radius 1 is 1.05 bits per heavy atom. The predicted molar refractivity (Wildman–Crippen MR) is 84.6 cm³/mol. The molecule has 20 heavy (non-hydrogen) atoms. The van der Waals surface area contributed by atoms with Crippen molar-refractivity contribution in [2.24, 2.45) is 0 Å². The number of hydrogen-bond acceptors (Lipinski definition) is 1. The maximum atomic E-state index is 11.8. The van der Waals surface area contributed by atoms with Crippen LogP contribution in [0, 0.1) is 0 Å². The van der Waals surface area contributed by atoms with E-state index in [-0.39, 0.29) is 6.03 Å². The Kier molecular flexibility index (Phi) is 4.53. The molecular weight excluding hydrogens is 295 g/mol. The maximum Gasteiger partial charge on any atom is 0.321 e. The molecule has 0 unspecified atom stereocenters. The Bertz CT molecular complexity index is 627. The van der Waals surface area contributed by atoms with Gasteiger partial charge in [0.1, 0.15) is 0 Å². The van der Waals surface area contributed by atoms with E-state index in [2.05, 4.69) is 5.32 Å². The van der Waals surface area contributed by atoms with Crippen LogP contribution in [0.5, 0.6) is 0 Å². The van der Waals surface area contributed by atoms with E-state index in [0.717, 1.165) is 11.1 Å². The second kappa shape index (κ2) is 6.16. The van der Waals surface area contributed by atoms with Crippen LogP contribution in [0.25, 0.3) is 11.1 Å². The van der Waals surface area contributed by atoms with E-state index in [9.17, 15) is 4.79 Å². The van der Waals surface area contributed by atoms with Crippen molar-refractivity contribution in [2.45, 2.75) is 0 Å². The normalized spacial score (nSPS) is 10.2. The average Bonchev–Trinajstić information content (AvgIpc) is 2.44. The van der Waals surface area contributed by atoms with Gasteiger partial charge in [0.2, 0.25) is 0 Å². The van der Waals surface area contributed by atoms with E-state index in [1.165, 1.54) is 4.90 Å². The molecule has 2 aromatic rings. The fourth-order valence-electron chi connectivity index (χ4n) is 1.77. The van der Waals surface area contributed by atoms with Gasteiger partial charge in [-0.1, -0.05) is 53.5 Å². The van der Waals surface area contributed by atoms with Crippen LogP contribution in [0.4, 0.5) is 10.5 Å². The van der Waals surface area contributed by atoms with Crippen molar-refractivity contribution in [3.63, 3.8) is 0 Å². The molecular formula is C15H14Cl2N2O. The number of amides is 2. The Morgan fingerprint density at radius 2 is 1.70 bits per heavy atom. The van der Waals surface area contributed by atoms with Crippen LogP contribution < -0.4 is 5.32 Å². The third-order valence-corrected chi connectivity index (χ3v) is 3.61. The van der Waals surface area contributed by atoms with E-state index >= 15 is 0 Å². The van der Waals surface area contributed by atoms with Gasteiger partial charge in [-0.3, -0.25) is 0 Å². The first-order chi connectivity index (χ1) is 9.50. The molecule has 0 saturated heterocycles. The lowest BCUT2D eigenvalue weighted by atomic mass is 10.0. The number of carbonyl (C=O) groups is 1. The van der Waals surface area contributed by atoms with Crippen LogP contribution in [0.3, 0.4) is 0 Å². The minimum atomic E-state index is -0.222. The summed E-state index contributed by atoms with van der Waals surface area (Å²) in [7, 11) is 3.35. The molecule has 5 heteroatoms. The first-order valence-electron chi connectivity index (χ1n) is 6.02. The molecule has 0 aromatic heterocycles. The molecule has 0 aliphatic carbocycles. The number of nitrogens with one attached hydrogen (secondary N) is 1. The van der Waals surface area contributed by atoms with Gasteiger partial charge in [-0.15, -0.1) is 0 Å². The van der Waals surface area contributed by atoms with Crippen molar-refractivity contribution in [1.29, 1.82) is 0 Å². The van der Waals surface area contributed by atoms with Gasteiger partial charge >= 0.3 is 6.03 Å². The number of carbonyl (C=O) groups excluding carboxylic acids is 1. The van der Waals surface area contributed by atoms with Crippen LogP contribution in [0.2, 0.25) is 10.0 Å². The van der Waals surface area contributed by atoms with Crippen molar-refractivity contribution in [1.82, 2.24) is 4.90 Å². The van der Waals surface area contributed by atoms with Gasteiger partial charge in [0, 0.05) is 19.7 Å². The second-order valence-electron chi connectivity index (χ2n) is 4.47. The maximum absolute atomic E-state index is 11.8. The molecule has 2 amide bonds. The van der Waals surface area contributed by atoms with Gasteiger partial charge in [0.15, 0.2) is 0 Å². The largest absolute Gasteiger partial charge is 0.331 e. The van der Waals surface area contributed by atoms with Gasteiger partial charge in [-0.2, -0.15) is 0 Å². The summed E-state index contributed by atoms with van der Waals surface area (Å²) in [6.45, 7) is 0. The molecule has 0 aliphatic rings. The van der Waals surface area contributed by atoms with Crippen molar-refractivity contribution < 1.29 is 4.79 Å². The Balaban J connectivity index is 2.53.